The third kappa shape index (κ3) is 4.87. The summed E-state index contributed by atoms with van der Waals surface area (Å²) in [5.41, 5.74) is 4.68. The summed E-state index contributed by atoms with van der Waals surface area (Å²) in [6.45, 7) is 0. The lowest BCUT2D eigenvalue weighted by Crippen LogP contribution is -2.16. The van der Waals surface area contributed by atoms with Gasteiger partial charge in [-0.25, -0.2) is 14.2 Å². The molecule has 0 atom stereocenters. The Morgan fingerprint density at radius 1 is 1.18 bits per heavy atom. The number of carbonyl (C=O) groups is 1. The molecular formula is C19H16F4N2O3. The lowest BCUT2D eigenvalue weighted by molar-refractivity contribution is -0.137. The monoisotopic (exact) mass is 396 g/mol. The van der Waals surface area contributed by atoms with Crippen molar-refractivity contribution < 1.29 is 31.8 Å². The molecule has 0 saturated heterocycles. The van der Waals surface area contributed by atoms with Crippen molar-refractivity contribution in [3.05, 3.63) is 65.0 Å². The average Bonchev–Trinajstić information content (AvgIpc) is 2.66. The van der Waals surface area contributed by atoms with E-state index in [0.29, 0.717) is 0 Å². The maximum Gasteiger partial charge on any atom is 0.416 e. The molecular weight excluding hydrogens is 380 g/mol. The van der Waals surface area contributed by atoms with E-state index in [1.54, 1.807) is 0 Å². The smallest absolute Gasteiger partial charge is 0.416 e. The zero-order valence-corrected chi connectivity index (χ0v) is 14.9. The lowest BCUT2D eigenvalue weighted by atomic mass is 10.1. The number of ether oxygens (including phenoxy) is 2. The lowest BCUT2D eigenvalue weighted by Gasteiger charge is -2.13. The molecule has 9 heteroatoms. The van der Waals surface area contributed by atoms with Crippen molar-refractivity contribution in [1.82, 2.24) is 0 Å². The van der Waals surface area contributed by atoms with Gasteiger partial charge in [0.05, 0.1) is 25.3 Å². The zero-order chi connectivity index (χ0) is 20.9. The summed E-state index contributed by atoms with van der Waals surface area (Å²) in [4.78, 5) is 15.2. The van der Waals surface area contributed by atoms with Crippen LogP contribution in [0.3, 0.4) is 0 Å². The van der Waals surface area contributed by atoms with Crippen molar-refractivity contribution in [2.75, 3.05) is 14.2 Å². The molecule has 0 bridgehead atoms. The molecule has 0 amide bonds. The van der Waals surface area contributed by atoms with E-state index in [2.05, 4.69) is 9.73 Å². The normalized spacial score (nSPS) is 12.3. The number of halogens is 4. The molecule has 0 saturated carbocycles. The highest BCUT2D eigenvalue weighted by Crippen LogP contribution is 2.33. The van der Waals surface area contributed by atoms with E-state index in [1.165, 1.54) is 32.4 Å². The Kier molecular flexibility index (Phi) is 6.40. The third-order valence-electron chi connectivity index (χ3n) is 3.65. The molecule has 5 nitrogen and oxygen atoms in total. The summed E-state index contributed by atoms with van der Waals surface area (Å²) < 4.78 is 62.7. The fourth-order valence-corrected chi connectivity index (χ4v) is 2.28. The topological polar surface area (TPSA) is 73.9 Å². The highest BCUT2D eigenvalue weighted by atomic mass is 19.4. The summed E-state index contributed by atoms with van der Waals surface area (Å²) in [7, 11) is 2.43. The van der Waals surface area contributed by atoms with Crippen LogP contribution in [-0.4, -0.2) is 26.0 Å². The molecule has 0 fully saturated rings. The summed E-state index contributed by atoms with van der Waals surface area (Å²) in [5.74, 6) is -1.80. The number of esters is 1. The molecule has 0 aliphatic heterocycles. The Labute approximate surface area is 158 Å². The predicted octanol–water partition coefficient (Wildman–Crippen LogP) is 4.08. The number of para-hydroxylation sites is 1. The molecule has 2 rings (SSSR count). The van der Waals surface area contributed by atoms with Gasteiger partial charge in [0.25, 0.3) is 0 Å². The van der Waals surface area contributed by atoms with E-state index in [0.717, 1.165) is 30.3 Å². The van der Waals surface area contributed by atoms with Crippen molar-refractivity contribution >= 4 is 23.6 Å². The molecule has 28 heavy (non-hydrogen) atoms. The minimum absolute atomic E-state index is 0.0391. The molecule has 2 aromatic carbocycles. The van der Waals surface area contributed by atoms with Gasteiger partial charge in [-0.2, -0.15) is 13.2 Å². The first-order valence-corrected chi connectivity index (χ1v) is 7.81. The van der Waals surface area contributed by atoms with Crippen LogP contribution < -0.4 is 10.5 Å². The number of carbonyl (C=O) groups excluding carboxylic acids is 1. The average molecular weight is 396 g/mol. The van der Waals surface area contributed by atoms with Gasteiger partial charge < -0.3 is 15.2 Å². The van der Waals surface area contributed by atoms with Gasteiger partial charge >= 0.3 is 12.1 Å². The number of nitrogens with zero attached hydrogens (tertiary/aromatic N) is 1. The van der Waals surface area contributed by atoms with Crippen LogP contribution in [-0.2, 0) is 15.7 Å². The van der Waals surface area contributed by atoms with E-state index in [-0.39, 0.29) is 28.4 Å². The summed E-state index contributed by atoms with van der Waals surface area (Å²) in [6.07, 6.45) is -2.30. The molecule has 0 aliphatic rings. The first kappa shape index (κ1) is 20.9. The number of benzene rings is 2. The number of nitrogens with two attached hydrogens (primary N) is 1. The number of aliphatic imine (C=N–C) groups is 1. The molecule has 0 aliphatic carbocycles. The maximum absolute atomic E-state index is 14.3. The fourth-order valence-electron chi connectivity index (χ4n) is 2.28. The fraction of sp³-hybridized carbons (Fsp3) is 0.158. The Morgan fingerprint density at radius 3 is 2.50 bits per heavy atom. The Morgan fingerprint density at radius 2 is 1.89 bits per heavy atom. The zero-order valence-electron chi connectivity index (χ0n) is 14.9. The van der Waals surface area contributed by atoms with Crippen LogP contribution >= 0.6 is 0 Å². The van der Waals surface area contributed by atoms with Crippen LogP contribution in [0.15, 0.2) is 47.5 Å². The summed E-state index contributed by atoms with van der Waals surface area (Å²) >= 11 is 0. The SMILES string of the molecule is COC(=O)/C=C/c1cccc(F)c1N=C(N)c1cc(C(F)(F)F)ccc1OC. The van der Waals surface area contributed by atoms with Gasteiger partial charge in [0.1, 0.15) is 23.1 Å². The van der Waals surface area contributed by atoms with Crippen LogP contribution in [0.25, 0.3) is 6.08 Å². The second-order valence-corrected chi connectivity index (χ2v) is 5.44. The van der Waals surface area contributed by atoms with Gasteiger partial charge in [0.15, 0.2) is 0 Å². The molecule has 0 spiro atoms. The molecule has 148 valence electrons. The Balaban J connectivity index is 2.57. The van der Waals surface area contributed by atoms with E-state index in [1.807, 2.05) is 0 Å². The van der Waals surface area contributed by atoms with Crippen molar-refractivity contribution in [3.63, 3.8) is 0 Å². The van der Waals surface area contributed by atoms with Gasteiger partial charge in [-0.1, -0.05) is 12.1 Å². The van der Waals surface area contributed by atoms with Crippen molar-refractivity contribution in [3.8, 4) is 5.75 Å². The second-order valence-electron chi connectivity index (χ2n) is 5.44. The number of methoxy groups -OCH3 is 2. The van der Waals surface area contributed by atoms with E-state index >= 15 is 0 Å². The minimum Gasteiger partial charge on any atom is -0.496 e. The summed E-state index contributed by atoms with van der Waals surface area (Å²) in [5, 5.41) is 0. The molecule has 0 radical (unpaired) electrons. The van der Waals surface area contributed by atoms with Crippen molar-refractivity contribution in [2.45, 2.75) is 6.18 Å². The molecule has 2 N–H and O–H groups in total. The van der Waals surface area contributed by atoms with E-state index < -0.39 is 23.5 Å². The van der Waals surface area contributed by atoms with Crippen molar-refractivity contribution in [1.29, 1.82) is 0 Å². The highest BCUT2D eigenvalue weighted by Gasteiger charge is 2.31. The van der Waals surface area contributed by atoms with Gasteiger partial charge in [0, 0.05) is 11.6 Å². The maximum atomic E-state index is 14.3. The minimum atomic E-state index is -4.60. The number of alkyl halides is 3. The third-order valence-corrected chi connectivity index (χ3v) is 3.65. The molecule has 0 aromatic heterocycles. The quantitative estimate of drug-likeness (QED) is 0.272. The van der Waals surface area contributed by atoms with Crippen molar-refractivity contribution in [2.24, 2.45) is 10.7 Å². The Bertz CT molecular complexity index is 937. The largest absolute Gasteiger partial charge is 0.496 e. The van der Waals surface area contributed by atoms with Gasteiger partial charge in [-0.15, -0.1) is 0 Å². The number of rotatable bonds is 5. The molecule has 0 heterocycles. The van der Waals surface area contributed by atoms with Gasteiger partial charge in [0.2, 0.25) is 0 Å². The van der Waals surface area contributed by atoms with Crippen LogP contribution in [0.5, 0.6) is 5.75 Å². The standard InChI is InChI=1S/C19H16F4N2O3/c1-27-15-8-7-12(19(21,22)23)10-13(15)18(24)25-17-11(4-3-5-14(17)20)6-9-16(26)28-2/h3-10H,1-2H3,(H2,24,25)/b9-6+. The van der Waals surface area contributed by atoms with Crippen LogP contribution in [0.1, 0.15) is 16.7 Å². The first-order chi connectivity index (χ1) is 13.2. The molecule has 2 aromatic rings. The Hall–Kier alpha value is -3.36. The van der Waals surface area contributed by atoms with E-state index in [4.69, 9.17) is 10.5 Å². The van der Waals surface area contributed by atoms with Crippen LogP contribution in [0, 0.1) is 5.82 Å². The number of amidine groups is 1. The van der Waals surface area contributed by atoms with E-state index in [9.17, 15) is 22.4 Å². The molecule has 0 unspecified atom stereocenters. The van der Waals surface area contributed by atoms with Gasteiger partial charge in [-0.05, 0) is 30.3 Å². The van der Waals surface area contributed by atoms with Gasteiger partial charge in [-0.3, -0.25) is 0 Å². The summed E-state index contributed by atoms with van der Waals surface area (Å²) in [6, 6.07) is 6.64. The highest BCUT2D eigenvalue weighted by molar-refractivity contribution is 6.02. The first-order valence-electron chi connectivity index (χ1n) is 7.81. The van der Waals surface area contributed by atoms with Crippen LogP contribution in [0.4, 0.5) is 23.2 Å². The van der Waals surface area contributed by atoms with Crippen LogP contribution in [0.2, 0.25) is 0 Å². The number of hydrogen-bond donors (Lipinski definition) is 1. The number of hydrogen-bond acceptors (Lipinski definition) is 4. The second kappa shape index (κ2) is 8.55. The predicted molar refractivity (Wildman–Crippen MR) is 95.8 cm³/mol.